The van der Waals surface area contributed by atoms with Crippen molar-refractivity contribution in [1.29, 1.82) is 0 Å². The predicted molar refractivity (Wildman–Crippen MR) is 84.9 cm³/mol. The van der Waals surface area contributed by atoms with Gasteiger partial charge in [-0.25, -0.2) is 0 Å². The van der Waals surface area contributed by atoms with Gasteiger partial charge in [0.05, 0.1) is 18.7 Å². The van der Waals surface area contributed by atoms with Crippen LogP contribution >= 0.6 is 0 Å². The van der Waals surface area contributed by atoms with Crippen molar-refractivity contribution in [1.82, 2.24) is 5.32 Å². The van der Waals surface area contributed by atoms with Gasteiger partial charge in [0.25, 0.3) is 5.91 Å². The molecule has 0 spiro atoms. The van der Waals surface area contributed by atoms with E-state index in [4.69, 9.17) is 9.47 Å². The van der Waals surface area contributed by atoms with Crippen LogP contribution in [0.3, 0.4) is 0 Å². The van der Waals surface area contributed by atoms with E-state index in [2.05, 4.69) is 5.32 Å². The van der Waals surface area contributed by atoms with Crippen molar-refractivity contribution in [2.24, 2.45) is 0 Å². The third-order valence-corrected chi connectivity index (χ3v) is 3.79. The first-order chi connectivity index (χ1) is 11.9. The molecule has 0 bridgehead atoms. The Labute approximate surface area is 142 Å². The molecule has 1 heterocycles. The maximum absolute atomic E-state index is 12.5. The topological polar surface area (TPSA) is 47.6 Å². The summed E-state index contributed by atoms with van der Waals surface area (Å²) in [6.07, 6.45) is -3.58. The van der Waals surface area contributed by atoms with Gasteiger partial charge in [0, 0.05) is 12.0 Å². The summed E-state index contributed by atoms with van der Waals surface area (Å²) < 4.78 is 48.1. The predicted octanol–water partition coefficient (Wildman–Crippen LogP) is 3.45. The van der Waals surface area contributed by atoms with E-state index in [9.17, 15) is 18.0 Å². The Balaban J connectivity index is 1.46. The summed E-state index contributed by atoms with van der Waals surface area (Å²) in [5, 5.41) is 2.71. The van der Waals surface area contributed by atoms with Crippen LogP contribution in [0.25, 0.3) is 0 Å². The van der Waals surface area contributed by atoms with Crippen LogP contribution < -0.4 is 14.8 Å². The van der Waals surface area contributed by atoms with Gasteiger partial charge >= 0.3 is 6.18 Å². The summed E-state index contributed by atoms with van der Waals surface area (Å²) in [6.45, 7) is 1.03. The molecule has 4 nitrogen and oxygen atoms in total. The molecular formula is C18H16F3NO3. The van der Waals surface area contributed by atoms with Gasteiger partial charge in [0.1, 0.15) is 18.1 Å². The number of alkyl halides is 3. The van der Waals surface area contributed by atoms with Crippen molar-refractivity contribution < 1.29 is 27.4 Å². The molecule has 1 amide bonds. The second-order valence-corrected chi connectivity index (χ2v) is 5.55. The van der Waals surface area contributed by atoms with Crippen LogP contribution in [0.1, 0.15) is 21.5 Å². The van der Waals surface area contributed by atoms with Crippen LogP contribution in [0.2, 0.25) is 0 Å². The van der Waals surface area contributed by atoms with E-state index < -0.39 is 11.7 Å². The van der Waals surface area contributed by atoms with Gasteiger partial charge < -0.3 is 14.8 Å². The SMILES string of the molecule is O=C(NCCOc1ccc(C(F)(F)F)cc1)c1ccc2c(c1)CCO2. The number of carbonyl (C=O) groups is 1. The van der Waals surface area contributed by atoms with E-state index in [0.29, 0.717) is 17.9 Å². The zero-order chi connectivity index (χ0) is 17.9. The molecule has 2 aromatic carbocycles. The Bertz CT molecular complexity index is 757. The molecule has 1 aliphatic heterocycles. The number of hydrogen-bond acceptors (Lipinski definition) is 3. The number of rotatable bonds is 5. The van der Waals surface area contributed by atoms with Gasteiger partial charge in [-0.2, -0.15) is 13.2 Å². The van der Waals surface area contributed by atoms with E-state index >= 15 is 0 Å². The first kappa shape index (κ1) is 17.1. The molecule has 0 atom stereocenters. The number of halogens is 3. The first-order valence-electron chi connectivity index (χ1n) is 7.77. The minimum Gasteiger partial charge on any atom is -0.493 e. The molecule has 0 radical (unpaired) electrons. The summed E-state index contributed by atoms with van der Waals surface area (Å²) in [7, 11) is 0. The number of carbonyl (C=O) groups excluding carboxylic acids is 1. The largest absolute Gasteiger partial charge is 0.493 e. The summed E-state index contributed by atoms with van der Waals surface area (Å²) >= 11 is 0. The Morgan fingerprint density at radius 2 is 1.92 bits per heavy atom. The number of fused-ring (bicyclic) bond motifs is 1. The molecule has 0 aliphatic carbocycles. The second kappa shape index (κ2) is 7.04. The molecule has 0 fully saturated rings. The Morgan fingerprint density at radius 3 is 2.64 bits per heavy atom. The molecule has 0 aromatic heterocycles. The summed E-state index contributed by atoms with van der Waals surface area (Å²) in [5.74, 6) is 0.893. The molecule has 25 heavy (non-hydrogen) atoms. The lowest BCUT2D eigenvalue weighted by Crippen LogP contribution is -2.28. The van der Waals surface area contributed by atoms with E-state index in [1.165, 1.54) is 12.1 Å². The number of nitrogens with one attached hydrogen (secondary N) is 1. The molecule has 0 saturated heterocycles. The van der Waals surface area contributed by atoms with Crippen molar-refractivity contribution in [3.05, 3.63) is 59.2 Å². The van der Waals surface area contributed by atoms with Gasteiger partial charge in [-0.15, -0.1) is 0 Å². The van der Waals surface area contributed by atoms with Crippen molar-refractivity contribution in [3.63, 3.8) is 0 Å². The molecule has 7 heteroatoms. The fourth-order valence-corrected chi connectivity index (χ4v) is 2.50. The van der Waals surface area contributed by atoms with Crippen molar-refractivity contribution in [3.8, 4) is 11.5 Å². The van der Waals surface area contributed by atoms with E-state index in [1.807, 2.05) is 0 Å². The fraction of sp³-hybridized carbons (Fsp3) is 0.278. The minimum absolute atomic E-state index is 0.158. The Morgan fingerprint density at radius 1 is 1.16 bits per heavy atom. The van der Waals surface area contributed by atoms with E-state index in [-0.39, 0.29) is 19.1 Å². The highest BCUT2D eigenvalue weighted by atomic mass is 19.4. The second-order valence-electron chi connectivity index (χ2n) is 5.55. The molecule has 0 saturated carbocycles. The maximum atomic E-state index is 12.5. The zero-order valence-electron chi connectivity index (χ0n) is 13.2. The number of ether oxygens (including phenoxy) is 2. The van der Waals surface area contributed by atoms with E-state index in [0.717, 1.165) is 29.9 Å². The third kappa shape index (κ3) is 4.23. The monoisotopic (exact) mass is 351 g/mol. The number of benzene rings is 2. The zero-order valence-corrected chi connectivity index (χ0v) is 13.2. The molecule has 132 valence electrons. The third-order valence-electron chi connectivity index (χ3n) is 3.79. The smallest absolute Gasteiger partial charge is 0.416 e. The van der Waals surface area contributed by atoms with Crippen LogP contribution in [-0.2, 0) is 12.6 Å². The molecule has 0 unspecified atom stereocenters. The highest BCUT2D eigenvalue weighted by Gasteiger charge is 2.30. The molecule has 1 aliphatic rings. The quantitative estimate of drug-likeness (QED) is 0.840. The molecule has 2 aromatic rings. The lowest BCUT2D eigenvalue weighted by molar-refractivity contribution is -0.137. The van der Waals surface area contributed by atoms with Crippen molar-refractivity contribution >= 4 is 5.91 Å². The lowest BCUT2D eigenvalue weighted by atomic mass is 10.1. The first-order valence-corrected chi connectivity index (χ1v) is 7.77. The number of amides is 1. The Hall–Kier alpha value is -2.70. The summed E-state index contributed by atoms with van der Waals surface area (Å²) in [6, 6.07) is 9.69. The average Bonchev–Trinajstić information content (AvgIpc) is 3.06. The Kier molecular flexibility index (Phi) is 4.83. The van der Waals surface area contributed by atoms with Crippen LogP contribution in [0, 0.1) is 0 Å². The number of hydrogen-bond donors (Lipinski definition) is 1. The minimum atomic E-state index is -4.37. The van der Waals surface area contributed by atoms with E-state index in [1.54, 1.807) is 18.2 Å². The average molecular weight is 351 g/mol. The fourth-order valence-electron chi connectivity index (χ4n) is 2.50. The van der Waals surface area contributed by atoms with Gasteiger partial charge in [-0.3, -0.25) is 4.79 Å². The van der Waals surface area contributed by atoms with Crippen LogP contribution in [0.15, 0.2) is 42.5 Å². The highest BCUT2D eigenvalue weighted by molar-refractivity contribution is 5.94. The normalized spacial score (nSPS) is 13.1. The molecule has 3 rings (SSSR count). The van der Waals surface area contributed by atoms with Gasteiger partial charge in [-0.05, 0) is 48.0 Å². The van der Waals surface area contributed by atoms with Crippen molar-refractivity contribution in [2.45, 2.75) is 12.6 Å². The van der Waals surface area contributed by atoms with Crippen LogP contribution in [-0.4, -0.2) is 25.7 Å². The summed E-state index contributed by atoms with van der Waals surface area (Å²) in [4.78, 5) is 12.1. The van der Waals surface area contributed by atoms with Crippen molar-refractivity contribution in [2.75, 3.05) is 19.8 Å². The molecular weight excluding hydrogens is 335 g/mol. The maximum Gasteiger partial charge on any atom is 0.416 e. The lowest BCUT2D eigenvalue weighted by Gasteiger charge is -2.10. The van der Waals surface area contributed by atoms with Crippen LogP contribution in [0.5, 0.6) is 11.5 Å². The standard InChI is InChI=1S/C18H16F3NO3/c19-18(20,21)14-2-4-15(5-3-14)24-10-8-22-17(23)13-1-6-16-12(11-13)7-9-25-16/h1-6,11H,7-10H2,(H,22,23). The molecule has 1 N–H and O–H groups in total. The van der Waals surface area contributed by atoms with Gasteiger partial charge in [0.15, 0.2) is 0 Å². The van der Waals surface area contributed by atoms with Gasteiger partial charge in [-0.1, -0.05) is 0 Å². The van der Waals surface area contributed by atoms with Crippen LogP contribution in [0.4, 0.5) is 13.2 Å². The van der Waals surface area contributed by atoms with Gasteiger partial charge in [0.2, 0.25) is 0 Å². The highest BCUT2D eigenvalue weighted by Crippen LogP contribution is 2.30. The summed E-state index contributed by atoms with van der Waals surface area (Å²) in [5.41, 5.74) is 0.821.